The second-order valence-electron chi connectivity index (χ2n) is 8.14. The molecule has 8 heteroatoms. The summed E-state index contributed by atoms with van der Waals surface area (Å²) in [6.45, 7) is 10.5. The Labute approximate surface area is 185 Å². The summed E-state index contributed by atoms with van der Waals surface area (Å²) in [4.78, 5) is 17.1. The number of hydrogen-bond donors (Lipinski definition) is 2. The van der Waals surface area contributed by atoms with Crippen molar-refractivity contribution in [3.8, 4) is 0 Å². The largest absolute Gasteiger partial charge is 0.324 e. The number of carbonyl (C=O) groups is 1. The van der Waals surface area contributed by atoms with E-state index in [0.29, 0.717) is 19.6 Å². The molecule has 0 radical (unpaired) electrons. The molecule has 0 unspecified atom stereocenters. The first-order chi connectivity index (χ1) is 14.7. The number of anilines is 1. The summed E-state index contributed by atoms with van der Waals surface area (Å²) < 4.78 is 27.4. The average Bonchev–Trinajstić information content (AvgIpc) is 2.72. The number of piperazine rings is 1. The van der Waals surface area contributed by atoms with E-state index >= 15 is 0 Å². The van der Waals surface area contributed by atoms with E-state index in [1.54, 1.807) is 24.3 Å². The third-order valence-electron chi connectivity index (χ3n) is 5.63. The van der Waals surface area contributed by atoms with Crippen molar-refractivity contribution in [2.24, 2.45) is 0 Å². The molecule has 1 aliphatic rings. The highest BCUT2D eigenvalue weighted by atomic mass is 32.2. The molecule has 1 fully saturated rings. The molecule has 0 aromatic heterocycles. The maximum Gasteiger partial charge on any atom is 0.240 e. The minimum Gasteiger partial charge on any atom is -0.324 e. The van der Waals surface area contributed by atoms with Crippen LogP contribution >= 0.6 is 0 Å². The number of nitrogens with zero attached hydrogens (tertiary/aromatic N) is 2. The Balaban J connectivity index is 1.39. The molecule has 0 bridgehead atoms. The Hall–Kier alpha value is -2.26. The van der Waals surface area contributed by atoms with Crippen LogP contribution in [-0.4, -0.2) is 69.9 Å². The first-order valence-corrected chi connectivity index (χ1v) is 12.1. The lowest BCUT2D eigenvalue weighted by atomic mass is 10.1. The molecule has 31 heavy (non-hydrogen) atoms. The standard InChI is InChI=1S/C23H32N4O3S/c1-18-7-9-21(10-8-18)31(29,30)24-11-12-26-13-15-27(16-14-26)17-22(28)25-23-19(2)5-4-6-20(23)3/h4-10,24H,11-17H2,1-3H3,(H,25,28). The van der Waals surface area contributed by atoms with Gasteiger partial charge in [-0.3, -0.25) is 14.6 Å². The van der Waals surface area contributed by atoms with Crippen LogP contribution in [0.1, 0.15) is 16.7 Å². The molecule has 1 heterocycles. The molecule has 2 aromatic rings. The average molecular weight is 445 g/mol. The second-order valence-corrected chi connectivity index (χ2v) is 9.91. The van der Waals surface area contributed by atoms with E-state index in [4.69, 9.17) is 0 Å². The Kier molecular flexibility index (Phi) is 7.83. The van der Waals surface area contributed by atoms with Crippen LogP contribution in [0.25, 0.3) is 0 Å². The van der Waals surface area contributed by atoms with Crippen LogP contribution in [0.15, 0.2) is 47.4 Å². The predicted molar refractivity (Wildman–Crippen MR) is 124 cm³/mol. The fourth-order valence-corrected chi connectivity index (χ4v) is 4.72. The maximum atomic E-state index is 12.5. The molecule has 0 aliphatic carbocycles. The zero-order valence-corrected chi connectivity index (χ0v) is 19.3. The highest BCUT2D eigenvalue weighted by Crippen LogP contribution is 2.19. The number of carbonyl (C=O) groups excluding carboxylic acids is 1. The molecule has 1 aliphatic heterocycles. The smallest absolute Gasteiger partial charge is 0.240 e. The summed E-state index contributed by atoms with van der Waals surface area (Å²) in [7, 11) is -3.48. The van der Waals surface area contributed by atoms with Gasteiger partial charge in [0.1, 0.15) is 0 Å². The first-order valence-electron chi connectivity index (χ1n) is 10.6. The third kappa shape index (κ3) is 6.61. The van der Waals surface area contributed by atoms with Gasteiger partial charge in [-0.15, -0.1) is 0 Å². The Morgan fingerprint density at radius 2 is 1.48 bits per heavy atom. The monoisotopic (exact) mass is 444 g/mol. The number of amides is 1. The SMILES string of the molecule is Cc1ccc(S(=O)(=O)NCCN2CCN(CC(=O)Nc3c(C)cccc3C)CC2)cc1. The quantitative estimate of drug-likeness (QED) is 0.652. The van der Waals surface area contributed by atoms with Crippen molar-refractivity contribution in [3.05, 3.63) is 59.2 Å². The Morgan fingerprint density at radius 3 is 2.10 bits per heavy atom. The van der Waals surface area contributed by atoms with Crippen molar-refractivity contribution < 1.29 is 13.2 Å². The van der Waals surface area contributed by atoms with Crippen molar-refractivity contribution in [1.29, 1.82) is 0 Å². The normalized spacial score (nSPS) is 15.7. The fourth-order valence-electron chi connectivity index (χ4n) is 3.70. The molecule has 0 atom stereocenters. The van der Waals surface area contributed by atoms with Gasteiger partial charge in [0.15, 0.2) is 0 Å². The van der Waals surface area contributed by atoms with Crippen molar-refractivity contribution >= 4 is 21.6 Å². The van der Waals surface area contributed by atoms with Gasteiger partial charge >= 0.3 is 0 Å². The number of hydrogen-bond acceptors (Lipinski definition) is 5. The molecular formula is C23H32N4O3S. The molecular weight excluding hydrogens is 412 g/mol. The minimum absolute atomic E-state index is 0.00305. The van der Waals surface area contributed by atoms with Crippen molar-refractivity contribution in [1.82, 2.24) is 14.5 Å². The van der Waals surface area contributed by atoms with Gasteiger partial charge < -0.3 is 5.32 Å². The van der Waals surface area contributed by atoms with Gasteiger partial charge in [-0.2, -0.15) is 0 Å². The molecule has 0 spiro atoms. The van der Waals surface area contributed by atoms with Crippen LogP contribution in [-0.2, 0) is 14.8 Å². The number of aryl methyl sites for hydroxylation is 3. The van der Waals surface area contributed by atoms with Crippen LogP contribution in [0.3, 0.4) is 0 Å². The molecule has 2 aromatic carbocycles. The van der Waals surface area contributed by atoms with Crippen LogP contribution < -0.4 is 10.0 Å². The van der Waals surface area contributed by atoms with Crippen LogP contribution in [0.5, 0.6) is 0 Å². The van der Waals surface area contributed by atoms with E-state index in [1.807, 2.05) is 39.0 Å². The van der Waals surface area contributed by atoms with Gasteiger partial charge in [-0.25, -0.2) is 13.1 Å². The minimum atomic E-state index is -3.48. The van der Waals surface area contributed by atoms with Crippen molar-refractivity contribution in [3.63, 3.8) is 0 Å². The van der Waals surface area contributed by atoms with E-state index in [9.17, 15) is 13.2 Å². The summed E-state index contributed by atoms with van der Waals surface area (Å²) in [5.41, 5.74) is 4.05. The Bertz CT molecular complexity index is 978. The van der Waals surface area contributed by atoms with Gasteiger partial charge in [0.05, 0.1) is 11.4 Å². The third-order valence-corrected chi connectivity index (χ3v) is 7.11. The summed E-state index contributed by atoms with van der Waals surface area (Å²) in [5, 5.41) is 3.04. The number of sulfonamides is 1. The second kappa shape index (κ2) is 10.4. The van der Waals surface area contributed by atoms with Gasteiger partial charge in [0.25, 0.3) is 0 Å². The van der Waals surface area contributed by atoms with Gasteiger partial charge in [-0.05, 0) is 44.0 Å². The Morgan fingerprint density at radius 1 is 0.903 bits per heavy atom. The van der Waals surface area contributed by atoms with Crippen LogP contribution in [0, 0.1) is 20.8 Å². The summed E-state index contributed by atoms with van der Waals surface area (Å²) in [5.74, 6) is -0.00305. The zero-order valence-electron chi connectivity index (χ0n) is 18.5. The van der Waals surface area contributed by atoms with E-state index in [2.05, 4.69) is 19.8 Å². The van der Waals surface area contributed by atoms with Crippen molar-refractivity contribution in [2.75, 3.05) is 51.1 Å². The lowest BCUT2D eigenvalue weighted by Crippen LogP contribution is -2.50. The molecule has 168 valence electrons. The molecule has 7 nitrogen and oxygen atoms in total. The fraction of sp³-hybridized carbons (Fsp3) is 0.435. The molecule has 1 saturated heterocycles. The molecule has 2 N–H and O–H groups in total. The topological polar surface area (TPSA) is 81.8 Å². The highest BCUT2D eigenvalue weighted by molar-refractivity contribution is 7.89. The van der Waals surface area contributed by atoms with Crippen LogP contribution in [0.2, 0.25) is 0 Å². The van der Waals surface area contributed by atoms with Gasteiger partial charge in [0, 0.05) is 45.0 Å². The number of para-hydroxylation sites is 1. The number of nitrogens with one attached hydrogen (secondary N) is 2. The van der Waals surface area contributed by atoms with Crippen LogP contribution in [0.4, 0.5) is 5.69 Å². The molecule has 3 rings (SSSR count). The summed E-state index contributed by atoms with van der Waals surface area (Å²) >= 11 is 0. The van der Waals surface area contributed by atoms with E-state index in [1.165, 1.54) is 0 Å². The maximum absolute atomic E-state index is 12.5. The zero-order chi connectivity index (χ0) is 22.4. The first kappa shape index (κ1) is 23.4. The van der Waals surface area contributed by atoms with Gasteiger partial charge in [0.2, 0.25) is 15.9 Å². The summed E-state index contributed by atoms with van der Waals surface area (Å²) in [6.07, 6.45) is 0. The van der Waals surface area contributed by atoms with E-state index in [-0.39, 0.29) is 10.8 Å². The molecule has 1 amide bonds. The predicted octanol–water partition coefficient (Wildman–Crippen LogP) is 2.15. The van der Waals surface area contributed by atoms with Crippen molar-refractivity contribution in [2.45, 2.75) is 25.7 Å². The number of rotatable bonds is 8. The van der Waals surface area contributed by atoms with Gasteiger partial charge in [-0.1, -0.05) is 35.9 Å². The molecule has 0 saturated carbocycles. The van der Waals surface area contributed by atoms with E-state index in [0.717, 1.165) is 48.6 Å². The lowest BCUT2D eigenvalue weighted by Gasteiger charge is -2.34. The van der Waals surface area contributed by atoms with E-state index < -0.39 is 10.0 Å². The highest BCUT2D eigenvalue weighted by Gasteiger charge is 2.20. The number of benzene rings is 2. The summed E-state index contributed by atoms with van der Waals surface area (Å²) in [6, 6.07) is 12.8. The lowest BCUT2D eigenvalue weighted by molar-refractivity contribution is -0.117.